The van der Waals surface area contributed by atoms with E-state index in [1.807, 2.05) is 0 Å². The molecule has 112 valence electrons. The number of carboxylic acid groups (broad SMARTS) is 1. The molecule has 3 amide bonds. The highest BCUT2D eigenvalue weighted by molar-refractivity contribution is 9.10. The van der Waals surface area contributed by atoms with E-state index in [4.69, 9.17) is 10.8 Å². The van der Waals surface area contributed by atoms with Crippen molar-refractivity contribution in [3.63, 3.8) is 0 Å². The number of amides is 3. The van der Waals surface area contributed by atoms with Crippen LogP contribution in [-0.4, -0.2) is 41.0 Å². The Morgan fingerprint density at radius 3 is 2.67 bits per heavy atom. The summed E-state index contributed by atoms with van der Waals surface area (Å²) in [7, 11) is 0. The Hall–Kier alpha value is -2.09. The average molecular weight is 356 g/mol. The fraction of sp³-hybridized carbons (Fsp3) is 0.308. The summed E-state index contributed by atoms with van der Waals surface area (Å²) in [6, 6.07) is 4.11. The van der Waals surface area contributed by atoms with Crippen molar-refractivity contribution < 1.29 is 19.5 Å². The highest BCUT2D eigenvalue weighted by Gasteiger charge is 2.30. The lowest BCUT2D eigenvalue weighted by atomic mass is 10.1. The summed E-state index contributed by atoms with van der Waals surface area (Å²) < 4.78 is 0.605. The zero-order chi connectivity index (χ0) is 15.6. The molecule has 1 aromatic rings. The number of benzene rings is 1. The highest BCUT2D eigenvalue weighted by Crippen LogP contribution is 2.23. The van der Waals surface area contributed by atoms with E-state index in [0.29, 0.717) is 17.4 Å². The number of nitrogens with one attached hydrogen (secondary N) is 1. The van der Waals surface area contributed by atoms with E-state index in [2.05, 4.69) is 21.2 Å². The number of urea groups is 1. The standard InChI is InChI=1S/C13H14BrN3O4/c14-8-1-2-10(9(5-8)12(19)20)16-13(21)17-4-3-7(6-17)11(15)18/h1-2,5,7H,3-4,6H2,(H2,15,18)(H,16,21)(H,19,20). The van der Waals surface area contributed by atoms with Crippen LogP contribution in [0, 0.1) is 5.92 Å². The number of nitrogens with zero attached hydrogens (tertiary/aromatic N) is 1. The molecule has 1 aromatic carbocycles. The van der Waals surface area contributed by atoms with E-state index in [9.17, 15) is 14.4 Å². The second kappa shape index (κ2) is 6.13. The number of carbonyl (C=O) groups is 3. The molecule has 8 heteroatoms. The Bertz CT molecular complexity index is 605. The van der Waals surface area contributed by atoms with Gasteiger partial charge in [-0.25, -0.2) is 9.59 Å². The molecule has 0 saturated carbocycles. The molecule has 1 fully saturated rings. The third kappa shape index (κ3) is 3.52. The van der Waals surface area contributed by atoms with Crippen molar-refractivity contribution in [2.24, 2.45) is 11.7 Å². The minimum absolute atomic E-state index is 0.0108. The van der Waals surface area contributed by atoms with Crippen LogP contribution in [0.15, 0.2) is 22.7 Å². The summed E-state index contributed by atoms with van der Waals surface area (Å²) in [5, 5.41) is 11.7. The summed E-state index contributed by atoms with van der Waals surface area (Å²) in [5.41, 5.74) is 5.41. The van der Waals surface area contributed by atoms with Gasteiger partial charge in [-0.05, 0) is 24.6 Å². The van der Waals surface area contributed by atoms with Crippen LogP contribution in [0.25, 0.3) is 0 Å². The van der Waals surface area contributed by atoms with Gasteiger partial charge in [-0.2, -0.15) is 0 Å². The van der Waals surface area contributed by atoms with Crippen LogP contribution in [0.5, 0.6) is 0 Å². The minimum atomic E-state index is -1.14. The topological polar surface area (TPSA) is 113 Å². The third-order valence-electron chi connectivity index (χ3n) is 3.33. The molecule has 1 atom stereocenters. The molecule has 1 aliphatic heterocycles. The molecule has 0 bridgehead atoms. The quantitative estimate of drug-likeness (QED) is 0.761. The van der Waals surface area contributed by atoms with Crippen molar-refractivity contribution in [1.82, 2.24) is 4.90 Å². The van der Waals surface area contributed by atoms with Crippen molar-refractivity contribution >= 4 is 39.5 Å². The van der Waals surface area contributed by atoms with Gasteiger partial charge in [0, 0.05) is 17.6 Å². The number of hydrogen-bond donors (Lipinski definition) is 3. The van der Waals surface area contributed by atoms with E-state index in [1.54, 1.807) is 6.07 Å². The van der Waals surface area contributed by atoms with Crippen molar-refractivity contribution in [3.05, 3.63) is 28.2 Å². The second-order valence-electron chi connectivity index (χ2n) is 4.76. The lowest BCUT2D eigenvalue weighted by molar-refractivity contribution is -0.121. The molecule has 7 nitrogen and oxygen atoms in total. The van der Waals surface area contributed by atoms with Gasteiger partial charge in [0.15, 0.2) is 0 Å². The van der Waals surface area contributed by atoms with Gasteiger partial charge in [0.2, 0.25) is 5.91 Å². The van der Waals surface area contributed by atoms with Crippen molar-refractivity contribution in [2.45, 2.75) is 6.42 Å². The molecule has 2 rings (SSSR count). The van der Waals surface area contributed by atoms with Gasteiger partial charge in [-0.3, -0.25) is 4.79 Å². The lowest BCUT2D eigenvalue weighted by Crippen LogP contribution is -2.35. The zero-order valence-electron chi connectivity index (χ0n) is 11.0. The normalized spacial score (nSPS) is 17.6. The number of carboxylic acids is 1. The third-order valence-corrected chi connectivity index (χ3v) is 3.82. The van der Waals surface area contributed by atoms with E-state index in [0.717, 1.165) is 0 Å². The lowest BCUT2D eigenvalue weighted by Gasteiger charge is -2.18. The van der Waals surface area contributed by atoms with Crippen LogP contribution in [0.1, 0.15) is 16.8 Å². The molecular weight excluding hydrogens is 342 g/mol. The minimum Gasteiger partial charge on any atom is -0.478 e. The second-order valence-corrected chi connectivity index (χ2v) is 5.67. The Balaban J connectivity index is 2.10. The first kappa shape index (κ1) is 15.3. The van der Waals surface area contributed by atoms with Crippen molar-refractivity contribution in [3.8, 4) is 0 Å². The predicted molar refractivity (Wildman–Crippen MR) is 79.0 cm³/mol. The van der Waals surface area contributed by atoms with Crippen molar-refractivity contribution in [2.75, 3.05) is 18.4 Å². The number of likely N-dealkylation sites (tertiary alicyclic amines) is 1. The van der Waals surface area contributed by atoms with E-state index in [-0.39, 0.29) is 23.7 Å². The SMILES string of the molecule is NC(=O)C1CCN(C(=O)Nc2ccc(Br)cc2C(=O)O)C1. The Morgan fingerprint density at radius 1 is 1.38 bits per heavy atom. The van der Waals surface area contributed by atoms with Gasteiger partial charge in [-0.15, -0.1) is 0 Å². The number of halogens is 1. The number of hydrogen-bond acceptors (Lipinski definition) is 3. The van der Waals surface area contributed by atoms with Crippen LogP contribution in [-0.2, 0) is 4.79 Å². The molecule has 1 saturated heterocycles. The first-order valence-electron chi connectivity index (χ1n) is 6.26. The molecule has 0 aromatic heterocycles. The van der Waals surface area contributed by atoms with Gasteiger partial charge in [0.05, 0.1) is 17.2 Å². The van der Waals surface area contributed by atoms with Crippen LogP contribution in [0.2, 0.25) is 0 Å². The molecular formula is C13H14BrN3O4. The van der Waals surface area contributed by atoms with Crippen LogP contribution >= 0.6 is 15.9 Å². The van der Waals surface area contributed by atoms with Crippen LogP contribution < -0.4 is 11.1 Å². The fourth-order valence-electron chi connectivity index (χ4n) is 2.17. The first-order chi connectivity index (χ1) is 9.88. The highest BCUT2D eigenvalue weighted by atomic mass is 79.9. The smallest absolute Gasteiger partial charge is 0.337 e. The molecule has 1 aliphatic rings. The van der Waals surface area contributed by atoms with E-state index < -0.39 is 17.9 Å². The Labute approximate surface area is 129 Å². The van der Waals surface area contributed by atoms with Crippen molar-refractivity contribution in [1.29, 1.82) is 0 Å². The van der Waals surface area contributed by atoms with Gasteiger partial charge in [-0.1, -0.05) is 15.9 Å². The molecule has 1 heterocycles. The maximum Gasteiger partial charge on any atom is 0.337 e. The number of aromatic carboxylic acids is 1. The van der Waals surface area contributed by atoms with Crippen LogP contribution in [0.4, 0.5) is 10.5 Å². The molecule has 0 aliphatic carbocycles. The zero-order valence-corrected chi connectivity index (χ0v) is 12.6. The predicted octanol–water partition coefficient (Wildman–Crippen LogP) is 1.49. The number of primary amides is 1. The number of carbonyl (C=O) groups excluding carboxylic acids is 2. The Kier molecular flexibility index (Phi) is 4.46. The van der Waals surface area contributed by atoms with E-state index >= 15 is 0 Å². The molecule has 4 N–H and O–H groups in total. The number of anilines is 1. The Morgan fingerprint density at radius 2 is 2.10 bits per heavy atom. The fourth-order valence-corrected chi connectivity index (χ4v) is 2.53. The van der Waals surface area contributed by atoms with Gasteiger partial charge < -0.3 is 21.1 Å². The average Bonchev–Trinajstić information content (AvgIpc) is 2.90. The summed E-state index contributed by atoms with van der Waals surface area (Å²) in [6.45, 7) is 0.665. The maximum absolute atomic E-state index is 12.1. The van der Waals surface area contributed by atoms with Gasteiger partial charge in [0.1, 0.15) is 0 Å². The van der Waals surface area contributed by atoms with Crippen LogP contribution in [0.3, 0.4) is 0 Å². The summed E-state index contributed by atoms with van der Waals surface area (Å²) in [4.78, 5) is 35.8. The molecule has 0 spiro atoms. The summed E-state index contributed by atoms with van der Waals surface area (Å²) in [6.07, 6.45) is 0.523. The molecule has 0 radical (unpaired) electrons. The summed E-state index contributed by atoms with van der Waals surface area (Å²) >= 11 is 3.18. The largest absolute Gasteiger partial charge is 0.478 e. The van der Waals surface area contributed by atoms with E-state index in [1.165, 1.54) is 17.0 Å². The summed E-state index contributed by atoms with van der Waals surface area (Å²) in [5.74, 6) is -1.91. The van der Waals surface area contributed by atoms with Gasteiger partial charge in [0.25, 0.3) is 0 Å². The molecule has 21 heavy (non-hydrogen) atoms. The van der Waals surface area contributed by atoms with Gasteiger partial charge >= 0.3 is 12.0 Å². The monoisotopic (exact) mass is 355 g/mol. The molecule has 1 unspecified atom stereocenters. The number of nitrogens with two attached hydrogens (primary N) is 1. The maximum atomic E-state index is 12.1. The first-order valence-corrected chi connectivity index (χ1v) is 7.06. The number of rotatable bonds is 3.